The molecule has 0 radical (unpaired) electrons. The number of nitriles is 1. The van der Waals surface area contributed by atoms with E-state index in [4.69, 9.17) is 5.26 Å². The average Bonchev–Trinajstić information content (AvgIpc) is 2.90. The molecule has 2 amide bonds. The van der Waals surface area contributed by atoms with Gasteiger partial charge in [-0.2, -0.15) is 5.26 Å². The predicted molar refractivity (Wildman–Crippen MR) is 95.8 cm³/mol. The Bertz CT molecular complexity index is 977. The maximum absolute atomic E-state index is 12.5. The van der Waals surface area contributed by atoms with Crippen molar-refractivity contribution in [3.8, 4) is 6.07 Å². The number of nitro groups is 1. The molecule has 0 aromatic heterocycles. The van der Waals surface area contributed by atoms with E-state index in [1.807, 2.05) is 6.07 Å². The van der Waals surface area contributed by atoms with Gasteiger partial charge in [0.1, 0.15) is 0 Å². The van der Waals surface area contributed by atoms with Crippen molar-refractivity contribution in [1.29, 1.82) is 5.26 Å². The van der Waals surface area contributed by atoms with Crippen LogP contribution in [0.25, 0.3) is 6.08 Å². The van der Waals surface area contributed by atoms with Crippen molar-refractivity contribution in [2.45, 2.75) is 6.54 Å². The van der Waals surface area contributed by atoms with Gasteiger partial charge in [-0.25, -0.2) is 0 Å². The van der Waals surface area contributed by atoms with Crippen molar-refractivity contribution >= 4 is 34.7 Å². The number of carbonyl (C=O) groups is 2. The summed E-state index contributed by atoms with van der Waals surface area (Å²) in [6.45, 7) is -0.0307. The summed E-state index contributed by atoms with van der Waals surface area (Å²) < 4.78 is 0. The lowest BCUT2D eigenvalue weighted by Gasteiger charge is -2.12. The highest BCUT2D eigenvalue weighted by Crippen LogP contribution is 2.33. The van der Waals surface area contributed by atoms with E-state index in [1.165, 1.54) is 18.2 Å². The molecule has 1 fully saturated rings. The summed E-state index contributed by atoms with van der Waals surface area (Å²) in [5, 5.41) is 19.2. The highest BCUT2D eigenvalue weighted by Gasteiger charge is 2.35. The maximum Gasteiger partial charge on any atom is 0.293 e. The molecule has 1 aliphatic rings. The minimum absolute atomic E-state index is 0.0307. The van der Waals surface area contributed by atoms with Crippen LogP contribution in [0, 0.1) is 21.4 Å². The number of nitrogens with zero attached hydrogens (tertiary/aromatic N) is 3. The van der Waals surface area contributed by atoms with Crippen molar-refractivity contribution in [2.75, 3.05) is 0 Å². The minimum Gasteiger partial charge on any atom is -0.268 e. The van der Waals surface area contributed by atoms with E-state index < -0.39 is 16.1 Å². The largest absolute Gasteiger partial charge is 0.293 e. The lowest BCUT2D eigenvalue weighted by Crippen LogP contribution is -2.27. The summed E-state index contributed by atoms with van der Waals surface area (Å²) in [6, 6.07) is 14.5. The Balaban J connectivity index is 1.80. The number of hydrogen-bond acceptors (Lipinski definition) is 6. The molecule has 0 saturated carbocycles. The zero-order chi connectivity index (χ0) is 18.7. The summed E-state index contributed by atoms with van der Waals surface area (Å²) in [5.74, 6) is -0.448. The highest BCUT2D eigenvalue weighted by atomic mass is 32.2. The number of carbonyl (C=O) groups excluding carboxylic acids is 2. The Morgan fingerprint density at radius 1 is 1.19 bits per heavy atom. The van der Waals surface area contributed by atoms with Crippen LogP contribution in [0.2, 0.25) is 0 Å². The molecule has 3 rings (SSSR count). The SMILES string of the molecule is N#Cc1ccc(C=C2SC(=O)N(Cc3cccc([N+](=O)[O-])c3)C2=O)cc1. The molecular weight excluding hydrogens is 354 g/mol. The topological polar surface area (TPSA) is 104 Å². The standard InChI is InChI=1S/C18H11N3O4S/c19-10-13-6-4-12(5-7-13)9-16-17(22)20(18(23)26-16)11-14-2-1-3-15(8-14)21(24)25/h1-9H,11H2. The summed E-state index contributed by atoms with van der Waals surface area (Å²) in [5.41, 5.74) is 1.61. The summed E-state index contributed by atoms with van der Waals surface area (Å²) in [6.07, 6.45) is 1.58. The fraction of sp³-hybridized carbons (Fsp3) is 0.0556. The lowest BCUT2D eigenvalue weighted by molar-refractivity contribution is -0.384. The van der Waals surface area contributed by atoms with E-state index in [-0.39, 0.29) is 17.1 Å². The molecule has 1 saturated heterocycles. The molecule has 0 spiro atoms. The molecule has 0 bridgehead atoms. The van der Waals surface area contributed by atoms with E-state index in [0.717, 1.165) is 16.7 Å². The number of nitro benzene ring substituents is 1. The smallest absolute Gasteiger partial charge is 0.268 e. The van der Waals surface area contributed by atoms with Crippen LogP contribution in [0.15, 0.2) is 53.4 Å². The third kappa shape index (κ3) is 3.63. The molecular formula is C18H11N3O4S. The number of benzene rings is 2. The van der Waals surface area contributed by atoms with Gasteiger partial charge < -0.3 is 0 Å². The second-order valence-electron chi connectivity index (χ2n) is 5.43. The van der Waals surface area contributed by atoms with Crippen LogP contribution in [0.5, 0.6) is 0 Å². The van der Waals surface area contributed by atoms with Gasteiger partial charge in [0, 0.05) is 12.1 Å². The van der Waals surface area contributed by atoms with E-state index in [0.29, 0.717) is 16.7 Å². The quantitative estimate of drug-likeness (QED) is 0.465. The molecule has 7 nitrogen and oxygen atoms in total. The molecule has 2 aromatic carbocycles. The molecule has 1 aliphatic heterocycles. The van der Waals surface area contributed by atoms with Gasteiger partial charge in [-0.1, -0.05) is 24.3 Å². The number of rotatable bonds is 4. The number of thioether (sulfide) groups is 1. The van der Waals surface area contributed by atoms with Crippen LogP contribution < -0.4 is 0 Å². The number of amides is 2. The van der Waals surface area contributed by atoms with Crippen LogP contribution in [-0.4, -0.2) is 21.0 Å². The van der Waals surface area contributed by atoms with Gasteiger partial charge >= 0.3 is 0 Å². The normalized spacial score (nSPS) is 15.3. The fourth-order valence-corrected chi connectivity index (χ4v) is 3.23. The molecule has 0 N–H and O–H groups in total. The number of hydrogen-bond donors (Lipinski definition) is 0. The Labute approximate surface area is 152 Å². The molecule has 2 aromatic rings. The van der Waals surface area contributed by atoms with Crippen molar-refractivity contribution in [3.63, 3.8) is 0 Å². The lowest BCUT2D eigenvalue weighted by atomic mass is 10.1. The third-order valence-electron chi connectivity index (χ3n) is 3.67. The van der Waals surface area contributed by atoms with Crippen LogP contribution in [-0.2, 0) is 11.3 Å². The molecule has 1 heterocycles. The molecule has 8 heteroatoms. The van der Waals surface area contributed by atoms with Gasteiger partial charge in [0.15, 0.2) is 0 Å². The van der Waals surface area contributed by atoms with E-state index in [9.17, 15) is 19.7 Å². The third-order valence-corrected chi connectivity index (χ3v) is 4.58. The number of imide groups is 1. The maximum atomic E-state index is 12.5. The summed E-state index contributed by atoms with van der Waals surface area (Å²) in [4.78, 5) is 36.3. The molecule has 128 valence electrons. The first-order chi connectivity index (χ1) is 12.5. The minimum atomic E-state index is -0.526. The first-order valence-electron chi connectivity index (χ1n) is 7.47. The highest BCUT2D eigenvalue weighted by molar-refractivity contribution is 8.18. The van der Waals surface area contributed by atoms with Gasteiger partial charge in [0.2, 0.25) is 0 Å². The van der Waals surface area contributed by atoms with Gasteiger partial charge in [-0.3, -0.25) is 24.6 Å². The van der Waals surface area contributed by atoms with Crippen LogP contribution in [0.3, 0.4) is 0 Å². The average molecular weight is 365 g/mol. The molecule has 0 aliphatic carbocycles. The fourth-order valence-electron chi connectivity index (χ4n) is 2.39. The van der Waals surface area contributed by atoms with Crippen LogP contribution in [0.1, 0.15) is 16.7 Å². The number of non-ortho nitro benzene ring substituents is 1. The summed E-state index contributed by atoms with van der Waals surface area (Å²) >= 11 is 0.816. The van der Waals surface area contributed by atoms with Gasteiger partial charge in [-0.15, -0.1) is 0 Å². The molecule has 26 heavy (non-hydrogen) atoms. The first kappa shape index (κ1) is 17.4. The molecule has 0 atom stereocenters. The Kier molecular flexibility index (Phi) is 4.82. The van der Waals surface area contributed by atoms with Crippen LogP contribution >= 0.6 is 11.8 Å². The van der Waals surface area contributed by atoms with E-state index in [2.05, 4.69) is 0 Å². The Morgan fingerprint density at radius 3 is 2.58 bits per heavy atom. The Hall–Kier alpha value is -3.44. The van der Waals surface area contributed by atoms with Gasteiger partial charge in [-0.05, 0) is 41.1 Å². The molecule has 0 unspecified atom stereocenters. The van der Waals surface area contributed by atoms with Crippen molar-refractivity contribution < 1.29 is 14.5 Å². The van der Waals surface area contributed by atoms with Crippen molar-refractivity contribution in [3.05, 3.63) is 80.2 Å². The van der Waals surface area contributed by atoms with Gasteiger partial charge in [0.25, 0.3) is 16.8 Å². The Morgan fingerprint density at radius 2 is 1.92 bits per heavy atom. The summed E-state index contributed by atoms with van der Waals surface area (Å²) in [7, 11) is 0. The zero-order valence-electron chi connectivity index (χ0n) is 13.3. The monoisotopic (exact) mass is 365 g/mol. The van der Waals surface area contributed by atoms with Gasteiger partial charge in [0.05, 0.1) is 28.0 Å². The second-order valence-corrected chi connectivity index (χ2v) is 6.42. The predicted octanol–water partition coefficient (Wildman–Crippen LogP) is 3.70. The van der Waals surface area contributed by atoms with Crippen LogP contribution in [0.4, 0.5) is 10.5 Å². The van der Waals surface area contributed by atoms with E-state index >= 15 is 0 Å². The van der Waals surface area contributed by atoms with Crippen molar-refractivity contribution in [1.82, 2.24) is 4.90 Å². The van der Waals surface area contributed by atoms with Crippen molar-refractivity contribution in [2.24, 2.45) is 0 Å². The second kappa shape index (κ2) is 7.21. The van der Waals surface area contributed by atoms with E-state index in [1.54, 1.807) is 36.4 Å². The zero-order valence-corrected chi connectivity index (χ0v) is 14.1. The first-order valence-corrected chi connectivity index (χ1v) is 8.28.